The first-order valence-corrected chi connectivity index (χ1v) is 17.9. The largest absolute Gasteiger partial charge is 0.0651 e. The summed E-state index contributed by atoms with van der Waals surface area (Å²) in [5.41, 5.74) is 18.0. The molecular weight excluding hydrogens is 601 g/mol. The Balaban J connectivity index is 1.20. The zero-order valence-electron chi connectivity index (χ0n) is 29.4. The van der Waals surface area contributed by atoms with E-state index >= 15 is 0 Å². The fraction of sp³-hybridized carbons (Fsp3) is 0.120. The molecule has 0 saturated heterocycles. The van der Waals surface area contributed by atoms with Gasteiger partial charge >= 0.3 is 0 Å². The summed E-state index contributed by atoms with van der Waals surface area (Å²) in [6.45, 7) is 8.97. The third kappa shape index (κ3) is 5.71. The van der Waals surface area contributed by atoms with Crippen LogP contribution in [0.3, 0.4) is 0 Å². The Kier molecular flexibility index (Phi) is 8.39. The molecule has 0 fully saturated rings. The second kappa shape index (κ2) is 13.3. The summed E-state index contributed by atoms with van der Waals surface area (Å²) in [6.07, 6.45) is 2.18. The Labute approximate surface area is 296 Å². The lowest BCUT2D eigenvalue weighted by Crippen LogP contribution is -1.93. The van der Waals surface area contributed by atoms with Gasteiger partial charge < -0.3 is 0 Å². The lowest BCUT2D eigenvalue weighted by Gasteiger charge is -2.17. The Hall–Kier alpha value is -5.72. The van der Waals surface area contributed by atoms with Gasteiger partial charge in [-0.2, -0.15) is 0 Å². The summed E-state index contributed by atoms with van der Waals surface area (Å²) in [5.74, 6) is 0. The number of fused-ring (bicyclic) bond motifs is 3. The molecule has 242 valence electrons. The molecule has 0 spiro atoms. The van der Waals surface area contributed by atoms with Crippen LogP contribution >= 0.6 is 0 Å². The van der Waals surface area contributed by atoms with Crippen LogP contribution in [0, 0.1) is 20.8 Å². The molecule has 0 aliphatic heterocycles. The van der Waals surface area contributed by atoms with Gasteiger partial charge in [-0.15, -0.1) is 0 Å². The van der Waals surface area contributed by atoms with Gasteiger partial charge in [0.05, 0.1) is 0 Å². The molecule has 0 heterocycles. The van der Waals surface area contributed by atoms with Crippen molar-refractivity contribution in [1.82, 2.24) is 0 Å². The first-order chi connectivity index (χ1) is 24.5. The van der Waals surface area contributed by atoms with Crippen molar-refractivity contribution in [1.29, 1.82) is 0 Å². The van der Waals surface area contributed by atoms with Crippen molar-refractivity contribution in [2.45, 2.75) is 40.5 Å². The van der Waals surface area contributed by atoms with Crippen molar-refractivity contribution >= 4 is 21.5 Å². The minimum absolute atomic E-state index is 1.06. The molecule has 0 nitrogen and oxygen atoms in total. The van der Waals surface area contributed by atoms with Crippen LogP contribution in [0.2, 0.25) is 0 Å². The highest BCUT2D eigenvalue weighted by molar-refractivity contribution is 6.14. The number of hydrogen-bond acceptors (Lipinski definition) is 0. The second-order valence-corrected chi connectivity index (χ2v) is 13.7. The van der Waals surface area contributed by atoms with Crippen molar-refractivity contribution in [2.24, 2.45) is 0 Å². The first kappa shape index (κ1) is 31.5. The van der Waals surface area contributed by atoms with Crippen LogP contribution < -0.4 is 0 Å². The van der Waals surface area contributed by atoms with E-state index in [1.807, 2.05) is 0 Å². The van der Waals surface area contributed by atoms with Crippen molar-refractivity contribution < 1.29 is 0 Å². The van der Waals surface area contributed by atoms with E-state index in [1.165, 1.54) is 99.4 Å². The minimum Gasteiger partial charge on any atom is -0.0651 e. The molecule has 8 aromatic carbocycles. The summed E-state index contributed by atoms with van der Waals surface area (Å²) in [7, 11) is 0. The third-order valence-corrected chi connectivity index (χ3v) is 10.5. The highest BCUT2D eigenvalue weighted by atomic mass is 14.2. The highest BCUT2D eigenvalue weighted by Gasteiger charge is 2.15. The molecule has 8 rings (SSSR count). The van der Waals surface area contributed by atoms with Gasteiger partial charge in [0.2, 0.25) is 0 Å². The van der Waals surface area contributed by atoms with Gasteiger partial charge in [0.25, 0.3) is 0 Å². The molecule has 8 aromatic rings. The van der Waals surface area contributed by atoms with E-state index in [4.69, 9.17) is 0 Å². The van der Waals surface area contributed by atoms with E-state index < -0.39 is 0 Å². The van der Waals surface area contributed by atoms with Crippen molar-refractivity contribution in [3.63, 3.8) is 0 Å². The molecule has 0 heteroatoms. The topological polar surface area (TPSA) is 0 Å². The summed E-state index contributed by atoms with van der Waals surface area (Å²) in [4.78, 5) is 0. The smallest absolute Gasteiger partial charge is 0.00668 e. The molecule has 0 bridgehead atoms. The van der Waals surface area contributed by atoms with Crippen LogP contribution in [0.15, 0.2) is 158 Å². The second-order valence-electron chi connectivity index (χ2n) is 13.7. The first-order valence-electron chi connectivity index (χ1n) is 17.9. The summed E-state index contributed by atoms with van der Waals surface area (Å²) in [6, 6.07) is 58.5. The van der Waals surface area contributed by atoms with Gasteiger partial charge in [-0.3, -0.25) is 0 Å². The van der Waals surface area contributed by atoms with Crippen molar-refractivity contribution in [2.75, 3.05) is 0 Å². The Bertz CT molecular complexity index is 2530. The fourth-order valence-corrected chi connectivity index (χ4v) is 7.89. The predicted octanol–water partition coefficient (Wildman–Crippen LogP) is 14.2. The van der Waals surface area contributed by atoms with Gasteiger partial charge in [0.15, 0.2) is 0 Å². The average Bonchev–Trinajstić information content (AvgIpc) is 3.15. The van der Waals surface area contributed by atoms with Crippen LogP contribution in [-0.4, -0.2) is 0 Å². The van der Waals surface area contributed by atoms with Gasteiger partial charge in [-0.05, 0) is 145 Å². The molecule has 0 radical (unpaired) electrons. The molecular formula is C50H42. The molecule has 0 saturated carbocycles. The Morgan fingerprint density at radius 2 is 0.940 bits per heavy atom. The maximum Gasteiger partial charge on any atom is -0.00668 e. The van der Waals surface area contributed by atoms with E-state index in [0.717, 1.165) is 12.8 Å². The van der Waals surface area contributed by atoms with Gasteiger partial charge in [0, 0.05) is 0 Å². The summed E-state index contributed by atoms with van der Waals surface area (Å²) in [5, 5.41) is 5.38. The predicted molar refractivity (Wildman–Crippen MR) is 217 cm³/mol. The standard InChI is InChI=1S/C50H42/c1-5-14-42-31-41-16-7-9-22-46(41)47-25-13-26-48(50(42)47)49-32-39(28-27-34(49)3)37-18-10-17-36(29-37)38-19-11-20-40(30-38)44-23-12-24-45(35(44)4)43-21-8-6-15-33(43)2/h6-13,15-32H,5,14H2,1-4H3. The van der Waals surface area contributed by atoms with Crippen LogP contribution in [0.5, 0.6) is 0 Å². The zero-order valence-corrected chi connectivity index (χ0v) is 29.4. The van der Waals surface area contributed by atoms with Crippen LogP contribution in [-0.2, 0) is 6.42 Å². The zero-order chi connectivity index (χ0) is 34.2. The van der Waals surface area contributed by atoms with E-state index in [2.05, 4.69) is 185 Å². The monoisotopic (exact) mass is 642 g/mol. The van der Waals surface area contributed by atoms with Gasteiger partial charge in [-0.1, -0.05) is 153 Å². The Morgan fingerprint density at radius 3 is 1.72 bits per heavy atom. The molecule has 0 aromatic heterocycles. The molecule has 50 heavy (non-hydrogen) atoms. The normalized spacial score (nSPS) is 11.4. The van der Waals surface area contributed by atoms with E-state index in [1.54, 1.807) is 0 Å². The maximum atomic E-state index is 2.42. The van der Waals surface area contributed by atoms with E-state index in [9.17, 15) is 0 Å². The highest BCUT2D eigenvalue weighted by Crippen LogP contribution is 2.40. The number of hydrogen-bond donors (Lipinski definition) is 0. The molecule has 0 amide bonds. The van der Waals surface area contributed by atoms with Crippen molar-refractivity contribution in [3.8, 4) is 55.6 Å². The average molecular weight is 643 g/mol. The molecule has 0 atom stereocenters. The van der Waals surface area contributed by atoms with Crippen LogP contribution in [0.4, 0.5) is 0 Å². The lowest BCUT2D eigenvalue weighted by molar-refractivity contribution is 0.931. The molecule has 0 aliphatic carbocycles. The van der Waals surface area contributed by atoms with E-state index in [-0.39, 0.29) is 0 Å². The molecule has 0 aliphatic rings. The molecule has 0 unspecified atom stereocenters. The minimum atomic E-state index is 1.06. The van der Waals surface area contributed by atoms with Gasteiger partial charge in [-0.25, -0.2) is 0 Å². The SMILES string of the molecule is CCCc1cc2ccccc2c2cccc(-c3cc(-c4cccc(-c5cccc(-c6cccc(-c7ccccc7C)c6C)c5)c4)ccc3C)c12. The van der Waals surface area contributed by atoms with Crippen molar-refractivity contribution in [3.05, 3.63) is 180 Å². The number of rotatable bonds is 7. The quantitative estimate of drug-likeness (QED) is 0.152. The summed E-state index contributed by atoms with van der Waals surface area (Å²) >= 11 is 0. The fourth-order valence-electron chi connectivity index (χ4n) is 7.89. The van der Waals surface area contributed by atoms with Gasteiger partial charge in [0.1, 0.15) is 0 Å². The number of aryl methyl sites for hydroxylation is 3. The number of benzene rings is 8. The Morgan fingerprint density at radius 1 is 0.380 bits per heavy atom. The van der Waals surface area contributed by atoms with E-state index in [0.29, 0.717) is 0 Å². The lowest BCUT2D eigenvalue weighted by atomic mass is 9.87. The summed E-state index contributed by atoms with van der Waals surface area (Å²) < 4.78 is 0. The maximum absolute atomic E-state index is 2.42. The van der Waals surface area contributed by atoms with Crippen LogP contribution in [0.25, 0.3) is 77.2 Å². The van der Waals surface area contributed by atoms with Crippen LogP contribution in [0.1, 0.15) is 35.6 Å². The third-order valence-electron chi connectivity index (χ3n) is 10.5. The molecule has 0 N–H and O–H groups in total.